The van der Waals surface area contributed by atoms with Gasteiger partial charge in [-0.1, -0.05) is 66.2 Å². The Morgan fingerprint density at radius 2 is 1.76 bits per heavy atom. The standard InChI is InChI=1S/C24H22ClN5O3S/c1-17-21(24(25)28-30(17)19-11-4-3-5-12-19)15-26-27-23(31)16-29(34(2,32)33)22-14-8-10-18-9-6-7-13-20(18)22/h3-15H,16H2,1-2H3,(H,27,31)/b26-15+. The first-order valence-electron chi connectivity index (χ1n) is 10.3. The number of hydrazone groups is 1. The molecule has 0 radical (unpaired) electrons. The third-order valence-electron chi connectivity index (χ3n) is 5.22. The van der Waals surface area contributed by atoms with Crippen LogP contribution >= 0.6 is 11.6 Å². The molecule has 0 saturated heterocycles. The van der Waals surface area contributed by atoms with Gasteiger partial charge in [0.2, 0.25) is 10.0 Å². The van der Waals surface area contributed by atoms with Gasteiger partial charge in [-0.15, -0.1) is 0 Å². The predicted octanol–water partition coefficient (Wildman–Crippen LogP) is 3.90. The topological polar surface area (TPSA) is 96.7 Å². The quantitative estimate of drug-likeness (QED) is 0.310. The lowest BCUT2D eigenvalue weighted by Gasteiger charge is -2.23. The first-order valence-corrected chi connectivity index (χ1v) is 12.6. The maximum absolute atomic E-state index is 12.6. The minimum absolute atomic E-state index is 0.230. The first kappa shape index (κ1) is 23.5. The fraction of sp³-hybridized carbons (Fsp3) is 0.125. The highest BCUT2D eigenvalue weighted by molar-refractivity contribution is 7.92. The van der Waals surface area contributed by atoms with Crippen LogP contribution in [-0.2, 0) is 14.8 Å². The number of anilines is 1. The average Bonchev–Trinajstić information content (AvgIpc) is 3.10. The molecule has 0 aliphatic heterocycles. The number of nitrogens with one attached hydrogen (secondary N) is 1. The molecule has 0 saturated carbocycles. The summed E-state index contributed by atoms with van der Waals surface area (Å²) >= 11 is 6.27. The van der Waals surface area contributed by atoms with Crippen molar-refractivity contribution in [1.29, 1.82) is 0 Å². The summed E-state index contributed by atoms with van der Waals surface area (Å²) in [5.74, 6) is -0.598. The Balaban J connectivity index is 1.53. The van der Waals surface area contributed by atoms with Gasteiger partial charge in [-0.2, -0.15) is 10.2 Å². The zero-order valence-electron chi connectivity index (χ0n) is 18.5. The number of benzene rings is 3. The molecule has 4 aromatic rings. The number of hydrogen-bond acceptors (Lipinski definition) is 5. The molecule has 0 aliphatic carbocycles. The number of rotatable bonds is 7. The van der Waals surface area contributed by atoms with Gasteiger partial charge in [0.05, 0.1) is 35.1 Å². The fourth-order valence-corrected chi connectivity index (χ4v) is 4.72. The number of fused-ring (bicyclic) bond motifs is 1. The monoisotopic (exact) mass is 495 g/mol. The van der Waals surface area contributed by atoms with E-state index >= 15 is 0 Å². The molecule has 1 amide bonds. The van der Waals surface area contributed by atoms with Crippen LogP contribution in [0.25, 0.3) is 16.5 Å². The third-order valence-corrected chi connectivity index (χ3v) is 6.63. The smallest absolute Gasteiger partial charge is 0.260 e. The molecule has 4 rings (SSSR count). The van der Waals surface area contributed by atoms with E-state index in [0.717, 1.165) is 32.7 Å². The SMILES string of the molecule is Cc1c(/C=N/NC(=O)CN(c2cccc3ccccc23)S(C)(=O)=O)c(Cl)nn1-c1ccccc1. The highest BCUT2D eigenvalue weighted by Crippen LogP contribution is 2.28. The Kier molecular flexibility index (Phi) is 6.67. The number of carbonyl (C=O) groups is 1. The van der Waals surface area contributed by atoms with Gasteiger partial charge in [0, 0.05) is 5.39 Å². The summed E-state index contributed by atoms with van der Waals surface area (Å²) in [7, 11) is -3.74. The molecule has 0 fully saturated rings. The van der Waals surface area contributed by atoms with Crippen molar-refractivity contribution in [2.24, 2.45) is 5.10 Å². The molecule has 1 N–H and O–H groups in total. The lowest BCUT2D eigenvalue weighted by Crippen LogP contribution is -2.39. The van der Waals surface area contributed by atoms with Crippen LogP contribution in [0.1, 0.15) is 11.3 Å². The van der Waals surface area contributed by atoms with Crippen LogP contribution in [0, 0.1) is 6.92 Å². The number of aromatic nitrogens is 2. The Bertz CT molecular complexity index is 1480. The normalized spacial score (nSPS) is 11.7. The highest BCUT2D eigenvalue weighted by Gasteiger charge is 2.22. The molecule has 0 unspecified atom stereocenters. The van der Waals surface area contributed by atoms with E-state index in [9.17, 15) is 13.2 Å². The summed E-state index contributed by atoms with van der Waals surface area (Å²) < 4.78 is 27.8. The fourth-order valence-electron chi connectivity index (χ4n) is 3.59. The second kappa shape index (κ2) is 9.66. The van der Waals surface area contributed by atoms with Crippen LogP contribution < -0.4 is 9.73 Å². The van der Waals surface area contributed by atoms with Gasteiger partial charge in [-0.05, 0) is 30.5 Å². The van der Waals surface area contributed by atoms with Crippen LogP contribution in [0.2, 0.25) is 5.15 Å². The molecule has 3 aromatic carbocycles. The number of carbonyl (C=O) groups excluding carboxylic acids is 1. The van der Waals surface area contributed by atoms with Crippen molar-refractivity contribution in [1.82, 2.24) is 15.2 Å². The Morgan fingerprint density at radius 1 is 1.09 bits per heavy atom. The number of para-hydroxylation sites is 1. The van der Waals surface area contributed by atoms with Gasteiger partial charge in [-0.3, -0.25) is 9.10 Å². The van der Waals surface area contributed by atoms with Crippen LogP contribution in [-0.4, -0.2) is 43.1 Å². The zero-order valence-corrected chi connectivity index (χ0v) is 20.1. The first-order chi connectivity index (χ1) is 16.3. The van der Waals surface area contributed by atoms with Crippen molar-refractivity contribution >= 4 is 50.2 Å². The molecule has 8 nitrogen and oxygen atoms in total. The van der Waals surface area contributed by atoms with Gasteiger partial charge in [0.1, 0.15) is 6.54 Å². The molecule has 34 heavy (non-hydrogen) atoms. The molecule has 174 valence electrons. The predicted molar refractivity (Wildman–Crippen MR) is 135 cm³/mol. The van der Waals surface area contributed by atoms with Crippen molar-refractivity contribution in [2.45, 2.75) is 6.92 Å². The maximum Gasteiger partial charge on any atom is 0.260 e. The second-order valence-electron chi connectivity index (χ2n) is 7.60. The number of sulfonamides is 1. The van der Waals surface area contributed by atoms with E-state index in [-0.39, 0.29) is 5.15 Å². The zero-order chi connectivity index (χ0) is 24.3. The van der Waals surface area contributed by atoms with E-state index in [4.69, 9.17) is 11.6 Å². The minimum atomic E-state index is -3.74. The Hall–Kier alpha value is -3.69. The van der Waals surface area contributed by atoms with Crippen LogP contribution in [0.15, 0.2) is 77.9 Å². The van der Waals surface area contributed by atoms with Gasteiger partial charge in [0.15, 0.2) is 5.15 Å². The molecule has 0 spiro atoms. The summed E-state index contributed by atoms with van der Waals surface area (Å²) in [5.41, 5.74) is 4.92. The van der Waals surface area contributed by atoms with Crippen LogP contribution in [0.5, 0.6) is 0 Å². The number of hydrogen-bond donors (Lipinski definition) is 1. The number of nitrogens with zero attached hydrogens (tertiary/aromatic N) is 4. The summed E-state index contributed by atoms with van der Waals surface area (Å²) in [6.07, 6.45) is 2.46. The average molecular weight is 496 g/mol. The van der Waals surface area contributed by atoms with Crippen molar-refractivity contribution in [3.05, 3.63) is 89.2 Å². The molecule has 0 aliphatic rings. The molecule has 0 bridgehead atoms. The number of halogens is 1. The number of amides is 1. The van der Waals surface area contributed by atoms with Gasteiger partial charge in [0.25, 0.3) is 5.91 Å². The van der Waals surface area contributed by atoms with Gasteiger partial charge in [-0.25, -0.2) is 18.5 Å². The maximum atomic E-state index is 12.6. The summed E-state index contributed by atoms with van der Waals surface area (Å²) in [6.45, 7) is 1.40. The van der Waals surface area contributed by atoms with Gasteiger partial charge < -0.3 is 0 Å². The van der Waals surface area contributed by atoms with Crippen molar-refractivity contribution in [3.8, 4) is 5.69 Å². The van der Waals surface area contributed by atoms with Crippen molar-refractivity contribution in [3.63, 3.8) is 0 Å². The van der Waals surface area contributed by atoms with Gasteiger partial charge >= 0.3 is 0 Å². The van der Waals surface area contributed by atoms with Crippen molar-refractivity contribution in [2.75, 3.05) is 17.1 Å². The lowest BCUT2D eigenvalue weighted by molar-refractivity contribution is -0.119. The summed E-state index contributed by atoms with van der Waals surface area (Å²) in [4.78, 5) is 12.6. The molecular weight excluding hydrogens is 474 g/mol. The van der Waals surface area contributed by atoms with Crippen molar-refractivity contribution < 1.29 is 13.2 Å². The van der Waals surface area contributed by atoms with E-state index < -0.39 is 22.5 Å². The molecule has 1 heterocycles. The van der Waals surface area contributed by atoms with E-state index in [1.165, 1.54) is 6.21 Å². The third kappa shape index (κ3) is 4.95. The Labute approximate surface area is 202 Å². The summed E-state index contributed by atoms with van der Waals surface area (Å²) in [5, 5.41) is 10.1. The molecule has 10 heteroatoms. The van der Waals surface area contributed by atoms with Crippen LogP contribution in [0.3, 0.4) is 0 Å². The second-order valence-corrected chi connectivity index (χ2v) is 9.86. The molecule has 1 aromatic heterocycles. The highest BCUT2D eigenvalue weighted by atomic mass is 35.5. The van der Waals surface area contributed by atoms with E-state index in [1.807, 2.05) is 67.6 Å². The van der Waals surface area contributed by atoms with E-state index in [2.05, 4.69) is 15.6 Å². The lowest BCUT2D eigenvalue weighted by atomic mass is 10.1. The molecular formula is C24H22ClN5O3S. The van der Waals surface area contributed by atoms with E-state index in [0.29, 0.717) is 11.3 Å². The Morgan fingerprint density at radius 3 is 2.50 bits per heavy atom. The van der Waals surface area contributed by atoms with E-state index in [1.54, 1.807) is 16.8 Å². The minimum Gasteiger partial charge on any atom is -0.271 e. The van der Waals surface area contributed by atoms with Crippen LogP contribution in [0.4, 0.5) is 5.69 Å². The summed E-state index contributed by atoms with van der Waals surface area (Å²) in [6, 6.07) is 22.2. The largest absolute Gasteiger partial charge is 0.271 e. The molecule has 0 atom stereocenters.